The second kappa shape index (κ2) is 9.60. The van der Waals surface area contributed by atoms with E-state index in [-0.39, 0.29) is 6.10 Å². The molecule has 1 fully saturated rings. The van der Waals surface area contributed by atoms with Gasteiger partial charge in [-0.25, -0.2) is 0 Å². The van der Waals surface area contributed by atoms with Gasteiger partial charge in [0.15, 0.2) is 0 Å². The van der Waals surface area contributed by atoms with Crippen LogP contribution in [0.5, 0.6) is 0 Å². The molecule has 21 heavy (non-hydrogen) atoms. The zero-order valence-electron chi connectivity index (χ0n) is 13.6. The molecule has 2 aliphatic rings. The summed E-state index contributed by atoms with van der Waals surface area (Å²) in [5, 5.41) is 13.4. The zero-order valence-corrected chi connectivity index (χ0v) is 13.6. The highest BCUT2D eigenvalue weighted by Crippen LogP contribution is 2.25. The number of rotatable bonds is 8. The summed E-state index contributed by atoms with van der Waals surface area (Å²) in [6.07, 6.45) is 13.3. The average molecular weight is 295 g/mol. The fourth-order valence-electron chi connectivity index (χ4n) is 3.50. The molecule has 0 radical (unpaired) electrons. The highest BCUT2D eigenvalue weighted by atomic mass is 16.5. The molecule has 0 saturated heterocycles. The van der Waals surface area contributed by atoms with Crippen LogP contribution in [0.3, 0.4) is 0 Å². The molecule has 0 aromatic rings. The Labute approximate surface area is 130 Å². The Morgan fingerprint density at radius 1 is 1.19 bits per heavy atom. The standard InChI is InChI=1S/C18H33NO2/c1-15-7-5-6-10-17(15)13-21-14-18(20)12-19-11-16-8-3-2-4-9-16/h5-6,15-20H,2-4,7-14H2,1H3. The van der Waals surface area contributed by atoms with Gasteiger partial charge in [0.1, 0.15) is 0 Å². The van der Waals surface area contributed by atoms with Gasteiger partial charge in [0, 0.05) is 6.54 Å². The van der Waals surface area contributed by atoms with Gasteiger partial charge < -0.3 is 15.2 Å². The molecule has 0 amide bonds. The first-order valence-corrected chi connectivity index (χ1v) is 8.87. The molecule has 0 bridgehead atoms. The van der Waals surface area contributed by atoms with Gasteiger partial charge in [0.2, 0.25) is 0 Å². The molecule has 0 aliphatic heterocycles. The monoisotopic (exact) mass is 295 g/mol. The summed E-state index contributed by atoms with van der Waals surface area (Å²) < 4.78 is 5.72. The number of aliphatic hydroxyl groups is 1. The van der Waals surface area contributed by atoms with Crippen molar-refractivity contribution in [3.63, 3.8) is 0 Å². The van der Waals surface area contributed by atoms with Crippen LogP contribution in [-0.4, -0.2) is 37.5 Å². The zero-order chi connectivity index (χ0) is 14.9. The van der Waals surface area contributed by atoms with E-state index < -0.39 is 0 Å². The lowest BCUT2D eigenvalue weighted by molar-refractivity contribution is 0.0125. The van der Waals surface area contributed by atoms with Crippen LogP contribution in [0.4, 0.5) is 0 Å². The maximum atomic E-state index is 9.97. The van der Waals surface area contributed by atoms with Crippen molar-refractivity contribution in [3.8, 4) is 0 Å². The Balaban J connectivity index is 1.49. The minimum Gasteiger partial charge on any atom is -0.389 e. The van der Waals surface area contributed by atoms with Crippen LogP contribution >= 0.6 is 0 Å². The maximum absolute atomic E-state index is 9.97. The van der Waals surface area contributed by atoms with E-state index in [1.165, 1.54) is 38.5 Å². The summed E-state index contributed by atoms with van der Waals surface area (Å²) in [4.78, 5) is 0. The van der Waals surface area contributed by atoms with Crippen molar-refractivity contribution in [1.29, 1.82) is 0 Å². The third-order valence-electron chi connectivity index (χ3n) is 5.10. The molecule has 3 atom stereocenters. The van der Waals surface area contributed by atoms with Crippen LogP contribution in [0.1, 0.15) is 51.9 Å². The number of ether oxygens (including phenoxy) is 1. The highest BCUT2D eigenvalue weighted by Gasteiger charge is 2.19. The van der Waals surface area contributed by atoms with E-state index in [1.807, 2.05) is 0 Å². The molecular weight excluding hydrogens is 262 g/mol. The SMILES string of the molecule is CC1CC=CCC1COCC(O)CNCC1CCCCC1. The Morgan fingerprint density at radius 3 is 2.71 bits per heavy atom. The molecule has 0 spiro atoms. The van der Waals surface area contributed by atoms with Gasteiger partial charge in [-0.15, -0.1) is 0 Å². The van der Waals surface area contributed by atoms with E-state index >= 15 is 0 Å². The molecule has 1 saturated carbocycles. The second-order valence-electron chi connectivity index (χ2n) is 7.03. The second-order valence-corrected chi connectivity index (χ2v) is 7.03. The number of allylic oxidation sites excluding steroid dienone is 2. The Bertz CT molecular complexity index is 300. The van der Waals surface area contributed by atoms with Crippen molar-refractivity contribution in [2.45, 2.75) is 58.0 Å². The largest absolute Gasteiger partial charge is 0.389 e. The molecule has 0 aromatic heterocycles. The first kappa shape index (κ1) is 17.0. The molecule has 2 N–H and O–H groups in total. The number of aliphatic hydroxyl groups excluding tert-OH is 1. The first-order chi connectivity index (χ1) is 10.3. The molecule has 0 heterocycles. The van der Waals surface area contributed by atoms with E-state index in [9.17, 15) is 5.11 Å². The van der Waals surface area contributed by atoms with Gasteiger partial charge in [0.05, 0.1) is 19.3 Å². The normalized spacial score (nSPS) is 28.7. The topological polar surface area (TPSA) is 41.5 Å². The van der Waals surface area contributed by atoms with E-state index in [1.54, 1.807) is 0 Å². The van der Waals surface area contributed by atoms with Gasteiger partial charge in [0.25, 0.3) is 0 Å². The third kappa shape index (κ3) is 6.50. The van der Waals surface area contributed by atoms with Crippen molar-refractivity contribution < 1.29 is 9.84 Å². The van der Waals surface area contributed by atoms with Crippen LogP contribution in [0.15, 0.2) is 12.2 Å². The summed E-state index contributed by atoms with van der Waals surface area (Å²) >= 11 is 0. The minimum absolute atomic E-state index is 0.372. The molecule has 2 aliphatic carbocycles. The van der Waals surface area contributed by atoms with E-state index in [4.69, 9.17) is 4.74 Å². The summed E-state index contributed by atoms with van der Waals surface area (Å²) in [5.74, 6) is 2.15. The van der Waals surface area contributed by atoms with Crippen LogP contribution in [0.2, 0.25) is 0 Å². The van der Waals surface area contributed by atoms with Gasteiger partial charge in [-0.1, -0.05) is 38.3 Å². The smallest absolute Gasteiger partial charge is 0.0897 e. The van der Waals surface area contributed by atoms with Crippen LogP contribution < -0.4 is 5.32 Å². The molecule has 122 valence electrons. The fraction of sp³-hybridized carbons (Fsp3) is 0.889. The lowest BCUT2D eigenvalue weighted by atomic mass is 9.85. The van der Waals surface area contributed by atoms with Crippen molar-refractivity contribution in [2.24, 2.45) is 17.8 Å². The van der Waals surface area contributed by atoms with Gasteiger partial charge in [-0.3, -0.25) is 0 Å². The van der Waals surface area contributed by atoms with E-state index in [2.05, 4.69) is 24.4 Å². The number of nitrogens with one attached hydrogen (secondary N) is 1. The minimum atomic E-state index is -0.372. The Hall–Kier alpha value is -0.380. The summed E-state index contributed by atoms with van der Waals surface area (Å²) in [6.45, 7) is 5.26. The van der Waals surface area contributed by atoms with Crippen molar-refractivity contribution >= 4 is 0 Å². The molecule has 3 nitrogen and oxygen atoms in total. The van der Waals surface area contributed by atoms with Gasteiger partial charge in [-0.2, -0.15) is 0 Å². The lowest BCUT2D eigenvalue weighted by Gasteiger charge is -2.25. The van der Waals surface area contributed by atoms with Crippen molar-refractivity contribution in [2.75, 3.05) is 26.3 Å². The number of hydrogen-bond donors (Lipinski definition) is 2. The fourth-order valence-corrected chi connectivity index (χ4v) is 3.50. The first-order valence-electron chi connectivity index (χ1n) is 8.87. The van der Waals surface area contributed by atoms with Crippen LogP contribution in [0, 0.1) is 17.8 Å². The summed E-state index contributed by atoms with van der Waals surface area (Å²) in [5.41, 5.74) is 0. The summed E-state index contributed by atoms with van der Waals surface area (Å²) in [6, 6.07) is 0. The highest BCUT2D eigenvalue weighted by molar-refractivity contribution is 4.93. The van der Waals surface area contributed by atoms with Gasteiger partial charge >= 0.3 is 0 Å². The number of hydrogen-bond acceptors (Lipinski definition) is 3. The quantitative estimate of drug-likeness (QED) is 0.676. The molecule has 3 heteroatoms. The lowest BCUT2D eigenvalue weighted by Crippen LogP contribution is -2.34. The predicted molar refractivity (Wildman–Crippen MR) is 87.3 cm³/mol. The third-order valence-corrected chi connectivity index (χ3v) is 5.10. The van der Waals surface area contributed by atoms with E-state index in [0.717, 1.165) is 25.5 Å². The maximum Gasteiger partial charge on any atom is 0.0897 e. The molecular formula is C18H33NO2. The van der Waals surface area contributed by atoms with Crippen molar-refractivity contribution in [3.05, 3.63) is 12.2 Å². The molecule has 2 rings (SSSR count). The summed E-state index contributed by atoms with van der Waals surface area (Å²) in [7, 11) is 0. The molecule has 0 aromatic carbocycles. The average Bonchev–Trinajstić information content (AvgIpc) is 2.50. The Morgan fingerprint density at radius 2 is 1.95 bits per heavy atom. The van der Waals surface area contributed by atoms with Crippen LogP contribution in [0.25, 0.3) is 0 Å². The van der Waals surface area contributed by atoms with Crippen molar-refractivity contribution in [1.82, 2.24) is 5.32 Å². The van der Waals surface area contributed by atoms with Crippen LogP contribution in [-0.2, 0) is 4.74 Å². The van der Waals surface area contributed by atoms with E-state index in [0.29, 0.717) is 25.0 Å². The molecule has 3 unspecified atom stereocenters. The van der Waals surface area contributed by atoms with Gasteiger partial charge in [-0.05, 0) is 50.0 Å². The Kier molecular flexibility index (Phi) is 7.76. The predicted octanol–water partition coefficient (Wildman–Crippen LogP) is 3.14.